The Labute approximate surface area is 107 Å². The molecular formula is C8H5Cl3O4S. The van der Waals surface area contributed by atoms with Crippen molar-refractivity contribution in [2.75, 3.05) is 0 Å². The van der Waals surface area contributed by atoms with Crippen LogP contribution in [0.3, 0.4) is 0 Å². The van der Waals surface area contributed by atoms with Gasteiger partial charge in [0.1, 0.15) is 4.90 Å². The largest absolute Gasteiger partial charge is 0.374 e. The highest BCUT2D eigenvalue weighted by molar-refractivity contribution is 7.87. The van der Waals surface area contributed by atoms with Gasteiger partial charge in [-0.05, 0) is 12.1 Å². The Morgan fingerprint density at radius 2 is 1.62 bits per heavy atom. The lowest BCUT2D eigenvalue weighted by atomic mass is 10.4. The number of alkyl halides is 3. The normalized spacial score (nSPS) is 12.2. The monoisotopic (exact) mass is 302 g/mol. The van der Waals surface area contributed by atoms with Crippen molar-refractivity contribution in [2.45, 2.75) is 8.69 Å². The molecule has 0 saturated heterocycles. The summed E-state index contributed by atoms with van der Waals surface area (Å²) in [7, 11) is -4.25. The molecule has 0 atom stereocenters. The van der Waals surface area contributed by atoms with Gasteiger partial charge in [-0.25, -0.2) is 4.79 Å². The van der Waals surface area contributed by atoms with Gasteiger partial charge in [-0.15, -0.1) is 0 Å². The van der Waals surface area contributed by atoms with Crippen LogP contribution in [0.2, 0.25) is 0 Å². The van der Waals surface area contributed by atoms with Gasteiger partial charge < -0.3 is 4.18 Å². The van der Waals surface area contributed by atoms with Gasteiger partial charge in [0.15, 0.2) is 0 Å². The Morgan fingerprint density at radius 1 is 1.12 bits per heavy atom. The van der Waals surface area contributed by atoms with Gasteiger partial charge >= 0.3 is 16.1 Å². The van der Waals surface area contributed by atoms with Crippen molar-refractivity contribution >= 4 is 50.9 Å². The summed E-state index contributed by atoms with van der Waals surface area (Å²) in [4.78, 5) is 10.9. The van der Waals surface area contributed by atoms with Crippen LogP contribution in [0.5, 0.6) is 0 Å². The van der Waals surface area contributed by atoms with Gasteiger partial charge in [0, 0.05) is 0 Å². The molecule has 0 saturated carbocycles. The topological polar surface area (TPSA) is 60.4 Å². The van der Waals surface area contributed by atoms with E-state index in [1.165, 1.54) is 24.3 Å². The van der Waals surface area contributed by atoms with Gasteiger partial charge in [0.25, 0.3) is 3.79 Å². The van der Waals surface area contributed by atoms with E-state index < -0.39 is 19.9 Å². The molecule has 0 bridgehead atoms. The first-order valence-electron chi connectivity index (χ1n) is 3.84. The van der Waals surface area contributed by atoms with Crippen molar-refractivity contribution in [3.8, 4) is 0 Å². The molecule has 0 unspecified atom stereocenters. The van der Waals surface area contributed by atoms with E-state index in [4.69, 9.17) is 34.8 Å². The Bertz CT molecular complexity index is 478. The first kappa shape index (κ1) is 13.6. The maximum atomic E-state index is 11.5. The van der Waals surface area contributed by atoms with Gasteiger partial charge in [0.2, 0.25) is 0 Å². The highest BCUT2D eigenvalue weighted by atomic mass is 35.6. The van der Waals surface area contributed by atoms with Crippen molar-refractivity contribution in [3.05, 3.63) is 30.3 Å². The molecule has 0 fully saturated rings. The Morgan fingerprint density at radius 3 is 2.06 bits per heavy atom. The van der Waals surface area contributed by atoms with Crippen LogP contribution in [0.4, 0.5) is 0 Å². The lowest BCUT2D eigenvalue weighted by molar-refractivity contribution is -0.132. The number of hydrogen-bond acceptors (Lipinski definition) is 4. The van der Waals surface area contributed by atoms with E-state index in [0.29, 0.717) is 0 Å². The minimum Gasteiger partial charge on any atom is -0.338 e. The molecular weight excluding hydrogens is 299 g/mol. The highest BCUT2D eigenvalue weighted by Crippen LogP contribution is 2.29. The molecule has 0 heterocycles. The quantitative estimate of drug-likeness (QED) is 0.621. The van der Waals surface area contributed by atoms with Crippen molar-refractivity contribution < 1.29 is 17.4 Å². The third-order valence-corrected chi connectivity index (χ3v) is 3.13. The van der Waals surface area contributed by atoms with Crippen LogP contribution in [0.1, 0.15) is 0 Å². The fourth-order valence-electron chi connectivity index (χ4n) is 0.782. The zero-order valence-corrected chi connectivity index (χ0v) is 10.6. The first-order valence-corrected chi connectivity index (χ1v) is 6.38. The van der Waals surface area contributed by atoms with Crippen LogP contribution in [0.25, 0.3) is 0 Å². The van der Waals surface area contributed by atoms with Crippen LogP contribution in [-0.4, -0.2) is 18.2 Å². The Kier molecular flexibility index (Phi) is 4.07. The summed E-state index contributed by atoms with van der Waals surface area (Å²) >= 11 is 15.5. The summed E-state index contributed by atoms with van der Waals surface area (Å²) in [6, 6.07) is 7.05. The number of carbonyl (C=O) groups is 1. The van der Waals surface area contributed by atoms with Crippen molar-refractivity contribution in [1.82, 2.24) is 0 Å². The smallest absolute Gasteiger partial charge is 0.338 e. The molecule has 1 rings (SSSR count). The van der Waals surface area contributed by atoms with E-state index >= 15 is 0 Å². The first-order chi connectivity index (χ1) is 7.23. The lowest BCUT2D eigenvalue weighted by Crippen LogP contribution is -2.25. The zero-order valence-electron chi connectivity index (χ0n) is 7.56. The molecule has 0 aliphatic carbocycles. The highest BCUT2D eigenvalue weighted by Gasteiger charge is 2.36. The molecule has 4 nitrogen and oxygen atoms in total. The van der Waals surface area contributed by atoms with Crippen LogP contribution in [0.15, 0.2) is 35.2 Å². The molecule has 88 valence electrons. The maximum absolute atomic E-state index is 11.5. The standard InChI is InChI=1S/C8H5Cl3O4S/c9-8(10,11)7(12)15-16(13,14)6-4-2-1-3-5-6/h1-5H. The molecule has 1 aromatic rings. The van der Waals surface area contributed by atoms with E-state index in [-0.39, 0.29) is 4.90 Å². The van der Waals surface area contributed by atoms with Crippen LogP contribution in [0, 0.1) is 0 Å². The van der Waals surface area contributed by atoms with E-state index in [9.17, 15) is 13.2 Å². The fourth-order valence-corrected chi connectivity index (χ4v) is 1.95. The van der Waals surface area contributed by atoms with E-state index in [2.05, 4.69) is 4.18 Å². The van der Waals surface area contributed by atoms with E-state index in [1.807, 2.05) is 0 Å². The second kappa shape index (κ2) is 4.79. The Balaban J connectivity index is 2.95. The molecule has 8 heteroatoms. The summed E-state index contributed by atoms with van der Waals surface area (Å²) in [6.07, 6.45) is 0. The summed E-state index contributed by atoms with van der Waals surface area (Å²) in [5.41, 5.74) is 0. The predicted molar refractivity (Wildman–Crippen MR) is 60.0 cm³/mol. The number of hydrogen-bond donors (Lipinski definition) is 0. The molecule has 0 aromatic heterocycles. The van der Waals surface area contributed by atoms with Gasteiger partial charge in [0.05, 0.1) is 0 Å². The number of halogens is 3. The summed E-state index contributed by atoms with van der Waals surface area (Å²) in [5.74, 6) is -1.47. The van der Waals surface area contributed by atoms with Gasteiger partial charge in [-0.1, -0.05) is 53.0 Å². The van der Waals surface area contributed by atoms with E-state index in [0.717, 1.165) is 0 Å². The summed E-state index contributed by atoms with van der Waals surface area (Å²) in [6.45, 7) is 0. The molecule has 0 spiro atoms. The molecule has 0 aliphatic heterocycles. The SMILES string of the molecule is O=C(OS(=O)(=O)c1ccccc1)C(Cl)(Cl)Cl. The molecule has 16 heavy (non-hydrogen) atoms. The molecule has 0 aliphatic rings. The average molecular weight is 304 g/mol. The van der Waals surface area contributed by atoms with Gasteiger partial charge in [-0.2, -0.15) is 8.42 Å². The minimum absolute atomic E-state index is 0.197. The third kappa shape index (κ3) is 3.52. The molecule has 0 N–H and O–H groups in total. The Hall–Kier alpha value is -0.490. The number of benzene rings is 1. The third-order valence-electron chi connectivity index (χ3n) is 1.45. The molecule has 1 aromatic carbocycles. The van der Waals surface area contributed by atoms with Crippen LogP contribution < -0.4 is 0 Å². The van der Waals surface area contributed by atoms with Crippen LogP contribution >= 0.6 is 34.8 Å². The minimum atomic E-state index is -4.25. The second-order valence-corrected chi connectivity index (χ2v) is 6.46. The maximum Gasteiger partial charge on any atom is 0.374 e. The second-order valence-electron chi connectivity index (χ2n) is 2.64. The van der Waals surface area contributed by atoms with Crippen molar-refractivity contribution in [1.29, 1.82) is 0 Å². The predicted octanol–water partition coefficient (Wildman–Crippen LogP) is 2.29. The fraction of sp³-hybridized carbons (Fsp3) is 0.125. The van der Waals surface area contributed by atoms with Crippen molar-refractivity contribution in [3.63, 3.8) is 0 Å². The van der Waals surface area contributed by atoms with E-state index in [1.54, 1.807) is 6.07 Å². The number of carbonyl (C=O) groups excluding carboxylic acids is 1. The van der Waals surface area contributed by atoms with Crippen molar-refractivity contribution in [2.24, 2.45) is 0 Å². The molecule has 0 amide bonds. The summed E-state index contributed by atoms with van der Waals surface area (Å²) in [5, 5.41) is 0. The molecule has 0 radical (unpaired) electrons. The number of rotatable bonds is 2. The zero-order chi connectivity index (χ0) is 12.4. The van der Waals surface area contributed by atoms with Gasteiger partial charge in [-0.3, -0.25) is 0 Å². The van der Waals surface area contributed by atoms with Crippen LogP contribution in [-0.2, 0) is 19.1 Å². The lowest BCUT2D eigenvalue weighted by Gasteiger charge is -2.10. The summed E-state index contributed by atoms with van der Waals surface area (Å²) < 4.78 is 24.6. The average Bonchev–Trinajstić information content (AvgIpc) is 2.17.